The second-order valence-corrected chi connectivity index (χ2v) is 7.25. The lowest BCUT2D eigenvalue weighted by molar-refractivity contribution is 0.0387. The number of methoxy groups -OCH3 is 1. The van der Waals surface area contributed by atoms with Crippen molar-refractivity contribution in [1.82, 2.24) is 10.1 Å². The fourth-order valence-corrected chi connectivity index (χ4v) is 4.17. The molecule has 0 aliphatic heterocycles. The van der Waals surface area contributed by atoms with E-state index < -0.39 is 5.92 Å². The number of aliphatic hydroxyl groups is 1. The van der Waals surface area contributed by atoms with Crippen molar-refractivity contribution >= 4 is 5.78 Å². The molecule has 1 unspecified atom stereocenters. The number of carbonyl (C=O) groups is 1. The van der Waals surface area contributed by atoms with Gasteiger partial charge in [0.1, 0.15) is 5.56 Å². The molecule has 0 radical (unpaired) electrons. The van der Waals surface area contributed by atoms with Crippen molar-refractivity contribution in [2.75, 3.05) is 34.4 Å². The van der Waals surface area contributed by atoms with Gasteiger partial charge in [-0.2, -0.15) is 0 Å². The number of hydrogen-bond donors (Lipinski definition) is 1. The summed E-state index contributed by atoms with van der Waals surface area (Å²) in [4.78, 5) is 15.3. The van der Waals surface area contributed by atoms with Crippen LogP contribution < -0.4 is 4.74 Å². The Morgan fingerprint density at radius 1 is 1.42 bits per heavy atom. The lowest BCUT2D eigenvalue weighted by Gasteiger charge is -2.43. The Labute approximate surface area is 153 Å². The highest BCUT2D eigenvalue weighted by atomic mass is 16.5. The van der Waals surface area contributed by atoms with Crippen LogP contribution in [0.4, 0.5) is 0 Å². The molecule has 1 aromatic rings. The van der Waals surface area contributed by atoms with Crippen molar-refractivity contribution < 1.29 is 23.9 Å². The van der Waals surface area contributed by atoms with E-state index in [1.165, 1.54) is 0 Å². The van der Waals surface area contributed by atoms with Crippen LogP contribution in [0.25, 0.3) is 0 Å². The minimum absolute atomic E-state index is 0.0430. The van der Waals surface area contributed by atoms with E-state index in [4.69, 9.17) is 14.0 Å². The number of aliphatic hydroxyl groups excluding tert-OH is 1. The first-order valence-electron chi connectivity index (χ1n) is 9.20. The third kappa shape index (κ3) is 3.19. The van der Waals surface area contributed by atoms with Crippen LogP contribution in [0, 0.1) is 11.8 Å². The van der Waals surface area contributed by atoms with Crippen LogP contribution in [0.5, 0.6) is 5.88 Å². The highest BCUT2D eigenvalue weighted by Crippen LogP contribution is 2.50. The van der Waals surface area contributed by atoms with Gasteiger partial charge in [0, 0.05) is 7.11 Å². The second kappa shape index (κ2) is 7.90. The van der Waals surface area contributed by atoms with E-state index in [-0.39, 0.29) is 36.3 Å². The Balaban J connectivity index is 2.04. The number of nitrogens with zero attached hydrogens (tertiary/aromatic N) is 2. The largest absolute Gasteiger partial charge is 0.475 e. The van der Waals surface area contributed by atoms with Crippen molar-refractivity contribution in [1.29, 1.82) is 0 Å². The zero-order valence-corrected chi connectivity index (χ0v) is 15.9. The minimum Gasteiger partial charge on any atom is -0.475 e. The van der Waals surface area contributed by atoms with Gasteiger partial charge in [0.05, 0.1) is 31.3 Å². The van der Waals surface area contributed by atoms with Crippen LogP contribution >= 0.6 is 0 Å². The fourth-order valence-electron chi connectivity index (χ4n) is 4.17. The van der Waals surface area contributed by atoms with Crippen molar-refractivity contribution in [3.63, 3.8) is 0 Å². The molecule has 0 aromatic carbocycles. The molecule has 0 amide bonds. The number of hydrogen-bond acceptors (Lipinski definition) is 7. The molecule has 1 N–H and O–H groups in total. The summed E-state index contributed by atoms with van der Waals surface area (Å²) in [6.07, 6.45) is 4.32. The molecule has 0 spiro atoms. The molecule has 0 saturated carbocycles. The van der Waals surface area contributed by atoms with Crippen molar-refractivity contribution in [2.45, 2.75) is 38.3 Å². The zero-order valence-electron chi connectivity index (χ0n) is 15.9. The Morgan fingerprint density at radius 3 is 2.81 bits per heavy atom. The Hall–Kier alpha value is -1.70. The first-order valence-corrected chi connectivity index (χ1v) is 9.20. The Kier molecular flexibility index (Phi) is 5.79. The van der Waals surface area contributed by atoms with Crippen LogP contribution in [-0.4, -0.2) is 61.5 Å². The molecular formula is C19H28N2O5. The first kappa shape index (κ1) is 19.1. The van der Waals surface area contributed by atoms with Gasteiger partial charge in [0.25, 0.3) is 5.88 Å². The average Bonchev–Trinajstić information content (AvgIpc) is 3.04. The van der Waals surface area contributed by atoms with E-state index in [0.29, 0.717) is 29.9 Å². The van der Waals surface area contributed by atoms with Crippen molar-refractivity contribution in [2.24, 2.45) is 11.8 Å². The van der Waals surface area contributed by atoms with Gasteiger partial charge < -0.3 is 19.1 Å². The molecule has 4 atom stereocenters. The van der Waals surface area contributed by atoms with Gasteiger partial charge in [-0.1, -0.05) is 19.4 Å². The molecule has 0 bridgehead atoms. The molecule has 26 heavy (non-hydrogen) atoms. The molecule has 0 fully saturated rings. The molecular weight excluding hydrogens is 336 g/mol. The SMILES string of the molecule is CCCCOc1noc2c1C(=O)C1C(CO)=C[C@H](OC)C[C@H]1[C@@H]2N(C)C. The molecule has 144 valence electrons. The summed E-state index contributed by atoms with van der Waals surface area (Å²) in [6.45, 7) is 2.41. The summed E-state index contributed by atoms with van der Waals surface area (Å²) in [5, 5.41) is 13.9. The molecule has 1 heterocycles. The average molecular weight is 364 g/mol. The molecule has 2 aliphatic rings. The van der Waals surface area contributed by atoms with E-state index in [0.717, 1.165) is 12.8 Å². The Bertz CT molecular complexity index is 681. The molecule has 0 saturated heterocycles. The van der Waals surface area contributed by atoms with Crippen molar-refractivity contribution in [3.05, 3.63) is 23.0 Å². The van der Waals surface area contributed by atoms with E-state index >= 15 is 0 Å². The number of ketones is 1. The third-order valence-electron chi connectivity index (χ3n) is 5.40. The molecule has 3 rings (SSSR count). The standard InChI is InChI=1S/C19H28N2O5/c1-5-6-7-25-19-15-17(23)14-11(10-22)8-12(24-4)9-13(14)16(21(2)3)18(15)26-20-19/h8,12-14,16,22H,5-7,9-10H2,1-4H3/t12-,13+,14?,16-/m0/s1. The lowest BCUT2D eigenvalue weighted by atomic mass is 9.66. The first-order chi connectivity index (χ1) is 12.5. The van der Waals surface area contributed by atoms with E-state index in [9.17, 15) is 9.90 Å². The van der Waals surface area contributed by atoms with Crippen molar-refractivity contribution in [3.8, 4) is 5.88 Å². The predicted octanol–water partition coefficient (Wildman–Crippen LogP) is 2.22. The molecule has 1 aromatic heterocycles. The van der Waals surface area contributed by atoms with Gasteiger partial charge in [0.15, 0.2) is 11.5 Å². The lowest BCUT2D eigenvalue weighted by Crippen LogP contribution is -2.45. The normalized spacial score (nSPS) is 27.9. The summed E-state index contributed by atoms with van der Waals surface area (Å²) < 4.78 is 16.8. The fraction of sp³-hybridized carbons (Fsp3) is 0.684. The van der Waals surface area contributed by atoms with Gasteiger partial charge in [0.2, 0.25) is 0 Å². The summed E-state index contributed by atoms with van der Waals surface area (Å²) in [7, 11) is 5.56. The summed E-state index contributed by atoms with van der Waals surface area (Å²) in [5.41, 5.74) is 1.13. The van der Waals surface area contributed by atoms with Crippen LogP contribution in [0.3, 0.4) is 0 Å². The number of unbranched alkanes of at least 4 members (excludes halogenated alkanes) is 1. The maximum absolute atomic E-state index is 13.3. The van der Waals surface area contributed by atoms with E-state index in [1.54, 1.807) is 7.11 Å². The van der Waals surface area contributed by atoms with E-state index in [1.807, 2.05) is 25.1 Å². The quantitative estimate of drug-likeness (QED) is 0.586. The van der Waals surface area contributed by atoms with Gasteiger partial charge in [-0.05, 0) is 43.6 Å². The third-order valence-corrected chi connectivity index (χ3v) is 5.40. The van der Waals surface area contributed by atoms with Gasteiger partial charge in [-0.15, -0.1) is 0 Å². The highest BCUT2D eigenvalue weighted by molar-refractivity contribution is 6.04. The number of aromatic nitrogens is 1. The van der Waals surface area contributed by atoms with Crippen LogP contribution in [0.1, 0.15) is 48.3 Å². The smallest absolute Gasteiger partial charge is 0.265 e. The number of Topliss-reactive ketones (excluding diaryl/α,β-unsaturated/α-hetero) is 1. The van der Waals surface area contributed by atoms with Gasteiger partial charge >= 0.3 is 0 Å². The van der Waals surface area contributed by atoms with Crippen LogP contribution in [0.15, 0.2) is 16.2 Å². The van der Waals surface area contributed by atoms with Gasteiger partial charge in [-0.25, -0.2) is 0 Å². The summed E-state index contributed by atoms with van der Waals surface area (Å²) in [5.74, 6) is 0.306. The van der Waals surface area contributed by atoms with E-state index in [2.05, 4.69) is 12.1 Å². The number of ether oxygens (including phenoxy) is 2. The van der Waals surface area contributed by atoms with Crippen LogP contribution in [-0.2, 0) is 4.74 Å². The monoisotopic (exact) mass is 364 g/mol. The summed E-state index contributed by atoms with van der Waals surface area (Å²) >= 11 is 0. The minimum atomic E-state index is -0.403. The highest BCUT2D eigenvalue weighted by Gasteiger charge is 2.51. The molecule has 7 heteroatoms. The topological polar surface area (TPSA) is 85.0 Å². The van der Waals surface area contributed by atoms with Crippen LogP contribution in [0.2, 0.25) is 0 Å². The Morgan fingerprint density at radius 2 is 2.19 bits per heavy atom. The zero-order chi connectivity index (χ0) is 18.8. The molecule has 2 aliphatic carbocycles. The van der Waals surface area contributed by atoms with Gasteiger partial charge in [-0.3, -0.25) is 9.69 Å². The number of rotatable bonds is 7. The molecule has 7 nitrogen and oxygen atoms in total. The predicted molar refractivity (Wildman–Crippen MR) is 95.2 cm³/mol. The number of fused-ring (bicyclic) bond motifs is 2. The maximum atomic E-state index is 13.3. The number of carbonyl (C=O) groups excluding carboxylic acids is 1. The summed E-state index contributed by atoms with van der Waals surface area (Å²) in [6, 6.07) is -0.128. The second-order valence-electron chi connectivity index (χ2n) is 7.25. The maximum Gasteiger partial charge on any atom is 0.265 e.